The van der Waals surface area contributed by atoms with E-state index in [0.29, 0.717) is 12.8 Å². The van der Waals surface area contributed by atoms with E-state index in [-0.39, 0.29) is 11.9 Å². The molecule has 3 nitrogen and oxygen atoms in total. The molecule has 3 heteroatoms. The van der Waals surface area contributed by atoms with Gasteiger partial charge in [-0.15, -0.1) is 0 Å². The standard InChI is InChI=1S/C19H21NO2/c1-12-7-8-13(2)15(9-12)11-18(22)20-19-16-6-4-3-5-14(16)10-17(19)21/h3-9,17,19,21H,10-11H2,1-2H3,(H,20,22). The van der Waals surface area contributed by atoms with E-state index in [4.69, 9.17) is 0 Å². The number of aliphatic hydroxyl groups is 1. The fourth-order valence-electron chi connectivity index (χ4n) is 3.14. The largest absolute Gasteiger partial charge is 0.390 e. The minimum atomic E-state index is -0.542. The molecular weight excluding hydrogens is 274 g/mol. The van der Waals surface area contributed by atoms with E-state index in [2.05, 4.69) is 5.32 Å². The van der Waals surface area contributed by atoms with Crippen LogP contribution in [0.4, 0.5) is 0 Å². The number of amides is 1. The van der Waals surface area contributed by atoms with Gasteiger partial charge in [0.15, 0.2) is 0 Å². The number of hydrogen-bond donors (Lipinski definition) is 2. The van der Waals surface area contributed by atoms with Crippen LogP contribution in [0.1, 0.15) is 33.9 Å². The van der Waals surface area contributed by atoms with Crippen molar-refractivity contribution in [1.29, 1.82) is 0 Å². The second kappa shape index (κ2) is 5.93. The average Bonchev–Trinajstić information content (AvgIpc) is 2.79. The summed E-state index contributed by atoms with van der Waals surface area (Å²) in [7, 11) is 0. The highest BCUT2D eigenvalue weighted by Gasteiger charge is 2.31. The lowest BCUT2D eigenvalue weighted by Gasteiger charge is -2.18. The van der Waals surface area contributed by atoms with Crippen LogP contribution in [0.3, 0.4) is 0 Å². The molecule has 2 unspecified atom stereocenters. The van der Waals surface area contributed by atoms with Gasteiger partial charge in [0.1, 0.15) is 0 Å². The van der Waals surface area contributed by atoms with Crippen molar-refractivity contribution >= 4 is 5.91 Å². The van der Waals surface area contributed by atoms with Gasteiger partial charge in [0.2, 0.25) is 5.91 Å². The zero-order valence-electron chi connectivity index (χ0n) is 13.0. The Labute approximate surface area is 131 Å². The van der Waals surface area contributed by atoms with Gasteiger partial charge in [-0.2, -0.15) is 0 Å². The number of carbonyl (C=O) groups is 1. The lowest BCUT2D eigenvalue weighted by Crippen LogP contribution is -2.34. The SMILES string of the molecule is Cc1ccc(C)c(CC(=O)NC2c3ccccc3CC2O)c1. The fourth-order valence-corrected chi connectivity index (χ4v) is 3.14. The molecule has 0 saturated heterocycles. The van der Waals surface area contributed by atoms with Crippen molar-refractivity contribution in [3.05, 3.63) is 70.3 Å². The van der Waals surface area contributed by atoms with Crippen molar-refractivity contribution in [2.24, 2.45) is 0 Å². The monoisotopic (exact) mass is 295 g/mol. The Morgan fingerprint density at radius 3 is 2.82 bits per heavy atom. The molecule has 3 rings (SSSR count). The minimum absolute atomic E-state index is 0.0468. The summed E-state index contributed by atoms with van der Waals surface area (Å²) < 4.78 is 0. The normalized spacial score (nSPS) is 19.8. The summed E-state index contributed by atoms with van der Waals surface area (Å²) in [6.45, 7) is 4.04. The molecule has 0 saturated carbocycles. The molecule has 0 radical (unpaired) electrons. The van der Waals surface area contributed by atoms with Gasteiger partial charge >= 0.3 is 0 Å². The molecule has 1 aliphatic rings. The smallest absolute Gasteiger partial charge is 0.225 e. The minimum Gasteiger partial charge on any atom is -0.390 e. The van der Waals surface area contributed by atoms with Gasteiger partial charge in [-0.3, -0.25) is 4.79 Å². The summed E-state index contributed by atoms with van der Waals surface area (Å²) in [5, 5.41) is 13.2. The van der Waals surface area contributed by atoms with E-state index in [0.717, 1.165) is 27.8 Å². The van der Waals surface area contributed by atoms with Gasteiger partial charge in [-0.1, -0.05) is 48.0 Å². The highest BCUT2D eigenvalue weighted by atomic mass is 16.3. The first-order valence-electron chi connectivity index (χ1n) is 7.66. The van der Waals surface area contributed by atoms with Crippen molar-refractivity contribution < 1.29 is 9.90 Å². The predicted octanol–water partition coefficient (Wildman–Crippen LogP) is 2.62. The molecule has 0 fully saturated rings. The molecule has 2 atom stereocenters. The van der Waals surface area contributed by atoms with Gasteiger partial charge in [0.25, 0.3) is 0 Å². The third kappa shape index (κ3) is 2.90. The summed E-state index contributed by atoms with van der Waals surface area (Å²) >= 11 is 0. The molecule has 22 heavy (non-hydrogen) atoms. The zero-order chi connectivity index (χ0) is 15.7. The topological polar surface area (TPSA) is 49.3 Å². The van der Waals surface area contributed by atoms with E-state index in [1.807, 2.05) is 56.3 Å². The number of nitrogens with one attached hydrogen (secondary N) is 1. The predicted molar refractivity (Wildman–Crippen MR) is 86.7 cm³/mol. The zero-order valence-corrected chi connectivity index (χ0v) is 13.0. The van der Waals surface area contributed by atoms with E-state index in [1.54, 1.807) is 0 Å². The molecule has 0 aliphatic heterocycles. The first-order chi connectivity index (χ1) is 10.5. The van der Waals surface area contributed by atoms with Gasteiger partial charge in [-0.05, 0) is 36.1 Å². The number of rotatable bonds is 3. The lowest BCUT2D eigenvalue weighted by atomic mass is 10.0. The molecule has 1 aliphatic carbocycles. The van der Waals surface area contributed by atoms with Gasteiger partial charge in [-0.25, -0.2) is 0 Å². The molecule has 0 heterocycles. The molecule has 114 valence electrons. The third-order valence-corrected chi connectivity index (χ3v) is 4.38. The molecule has 0 bridgehead atoms. The fraction of sp³-hybridized carbons (Fsp3) is 0.316. The van der Waals surface area contributed by atoms with Crippen LogP contribution >= 0.6 is 0 Å². The molecule has 1 amide bonds. The third-order valence-electron chi connectivity index (χ3n) is 4.38. The Morgan fingerprint density at radius 2 is 2.00 bits per heavy atom. The second-order valence-electron chi connectivity index (χ2n) is 6.12. The van der Waals surface area contributed by atoms with Crippen molar-refractivity contribution in [2.45, 2.75) is 38.8 Å². The van der Waals surface area contributed by atoms with Crippen LogP contribution in [0.5, 0.6) is 0 Å². The average molecular weight is 295 g/mol. The van der Waals surface area contributed by atoms with Gasteiger partial charge in [0, 0.05) is 6.42 Å². The van der Waals surface area contributed by atoms with Crippen molar-refractivity contribution in [3.8, 4) is 0 Å². The van der Waals surface area contributed by atoms with Gasteiger partial charge in [0.05, 0.1) is 18.6 Å². The first kappa shape index (κ1) is 14.8. The van der Waals surface area contributed by atoms with Crippen LogP contribution in [-0.4, -0.2) is 17.1 Å². The molecular formula is C19H21NO2. The van der Waals surface area contributed by atoms with E-state index >= 15 is 0 Å². The summed E-state index contributed by atoms with van der Waals surface area (Å²) in [5.41, 5.74) is 5.46. The number of hydrogen-bond acceptors (Lipinski definition) is 2. The Bertz CT molecular complexity index is 708. The van der Waals surface area contributed by atoms with Crippen LogP contribution < -0.4 is 5.32 Å². The van der Waals surface area contributed by atoms with Crippen LogP contribution in [-0.2, 0) is 17.6 Å². The number of benzene rings is 2. The number of aliphatic hydroxyl groups excluding tert-OH is 1. The number of fused-ring (bicyclic) bond motifs is 1. The molecule has 2 aromatic rings. The summed E-state index contributed by atoms with van der Waals surface area (Å²) in [6, 6.07) is 13.7. The van der Waals surface area contributed by atoms with Crippen molar-refractivity contribution in [2.75, 3.05) is 0 Å². The maximum absolute atomic E-state index is 12.4. The highest BCUT2D eigenvalue weighted by Crippen LogP contribution is 2.31. The van der Waals surface area contributed by atoms with Crippen LogP contribution in [0.15, 0.2) is 42.5 Å². The van der Waals surface area contributed by atoms with Gasteiger partial charge < -0.3 is 10.4 Å². The molecule has 2 aromatic carbocycles. The second-order valence-corrected chi connectivity index (χ2v) is 6.12. The van der Waals surface area contributed by atoms with E-state index in [1.165, 1.54) is 0 Å². The Morgan fingerprint density at radius 1 is 1.23 bits per heavy atom. The Hall–Kier alpha value is -2.13. The van der Waals surface area contributed by atoms with Crippen molar-refractivity contribution in [3.63, 3.8) is 0 Å². The van der Waals surface area contributed by atoms with E-state index < -0.39 is 6.10 Å². The Kier molecular flexibility index (Phi) is 3.99. The van der Waals surface area contributed by atoms with E-state index in [9.17, 15) is 9.90 Å². The van der Waals surface area contributed by atoms with Crippen LogP contribution in [0.2, 0.25) is 0 Å². The quantitative estimate of drug-likeness (QED) is 0.914. The van der Waals surface area contributed by atoms with Crippen molar-refractivity contribution in [1.82, 2.24) is 5.32 Å². The van der Waals surface area contributed by atoms with Crippen LogP contribution in [0, 0.1) is 13.8 Å². The summed E-state index contributed by atoms with van der Waals surface area (Å²) in [4.78, 5) is 12.4. The lowest BCUT2D eigenvalue weighted by molar-refractivity contribution is -0.122. The number of carbonyl (C=O) groups excluding carboxylic acids is 1. The summed E-state index contributed by atoms with van der Waals surface area (Å²) in [6.07, 6.45) is 0.406. The number of aryl methyl sites for hydroxylation is 2. The van der Waals surface area contributed by atoms with Crippen LogP contribution in [0.25, 0.3) is 0 Å². The first-order valence-corrected chi connectivity index (χ1v) is 7.66. The summed E-state index contributed by atoms with van der Waals surface area (Å²) in [5.74, 6) is -0.0468. The maximum atomic E-state index is 12.4. The molecule has 0 spiro atoms. The molecule has 0 aromatic heterocycles. The maximum Gasteiger partial charge on any atom is 0.225 e. The Balaban J connectivity index is 1.73. The highest BCUT2D eigenvalue weighted by molar-refractivity contribution is 5.79. The molecule has 2 N–H and O–H groups in total.